The fraction of sp³-hybridized carbons (Fsp3) is 0.286. The zero-order valence-corrected chi connectivity index (χ0v) is 11.9. The van der Waals surface area contributed by atoms with Crippen LogP contribution in [0, 0.1) is 0 Å². The minimum absolute atomic E-state index is 0.0805. The van der Waals surface area contributed by atoms with Gasteiger partial charge in [-0.2, -0.15) is 4.72 Å². The summed E-state index contributed by atoms with van der Waals surface area (Å²) >= 11 is 9.86. The monoisotopic (exact) mass is 347 g/mol. The summed E-state index contributed by atoms with van der Waals surface area (Å²) in [6, 6.07) is 0.115. The lowest BCUT2D eigenvalue weighted by Crippen LogP contribution is -2.38. The van der Waals surface area contributed by atoms with Crippen LogP contribution in [0.25, 0.3) is 0 Å². The topological polar surface area (TPSA) is 83.5 Å². The molecule has 0 radical (unpaired) electrons. The molecule has 1 atom stereocenters. The van der Waals surface area contributed by atoms with Crippen LogP contribution in [0.5, 0.6) is 0 Å². The van der Waals surface area contributed by atoms with Crippen molar-refractivity contribution in [3.8, 4) is 0 Å². The summed E-state index contributed by atoms with van der Waals surface area (Å²) in [5, 5.41) is 8.60. The second kappa shape index (κ2) is 5.01. The van der Waals surface area contributed by atoms with Crippen LogP contribution in [0.4, 0.5) is 0 Å². The molecule has 16 heavy (non-hydrogen) atoms. The number of carboxylic acid groups (broad SMARTS) is 1. The molecule has 5 nitrogen and oxygen atoms in total. The lowest BCUT2D eigenvalue weighted by atomic mass is 10.4. The van der Waals surface area contributed by atoms with Crippen LogP contribution in [0.2, 0.25) is 4.34 Å². The van der Waals surface area contributed by atoms with Crippen molar-refractivity contribution in [1.82, 2.24) is 4.72 Å². The molecule has 0 aliphatic heterocycles. The lowest BCUT2D eigenvalue weighted by molar-refractivity contribution is -0.138. The molecule has 1 rings (SSSR count). The van der Waals surface area contributed by atoms with Crippen molar-refractivity contribution < 1.29 is 18.3 Å². The standard InChI is InChI=1S/C7H7BrClNO4S2/c1-3(7(11)12)10-16(13,14)4-2-5(8)15-6(4)9/h2-3,10H,1H3,(H,11,12)/t3-/m0/s1. The summed E-state index contributed by atoms with van der Waals surface area (Å²) in [4.78, 5) is 10.4. The summed E-state index contributed by atoms with van der Waals surface area (Å²) in [6.07, 6.45) is 0. The minimum Gasteiger partial charge on any atom is -0.480 e. The molecule has 0 bridgehead atoms. The quantitative estimate of drug-likeness (QED) is 0.870. The lowest BCUT2D eigenvalue weighted by Gasteiger charge is -2.08. The molecular formula is C7H7BrClNO4S2. The summed E-state index contributed by atoms with van der Waals surface area (Å²) in [6.45, 7) is 1.23. The van der Waals surface area contributed by atoms with Crippen molar-refractivity contribution in [2.45, 2.75) is 17.9 Å². The molecule has 0 aliphatic carbocycles. The molecule has 90 valence electrons. The molecule has 0 aromatic carbocycles. The Hall–Kier alpha value is -0.150. The largest absolute Gasteiger partial charge is 0.480 e. The Morgan fingerprint density at radius 3 is 2.62 bits per heavy atom. The molecule has 0 aliphatic rings. The number of carbonyl (C=O) groups is 1. The van der Waals surface area contributed by atoms with Gasteiger partial charge in [0, 0.05) is 0 Å². The average molecular weight is 349 g/mol. The Labute approximate surface area is 110 Å². The van der Waals surface area contributed by atoms with Gasteiger partial charge in [-0.15, -0.1) is 11.3 Å². The molecule has 0 fully saturated rings. The molecule has 0 unspecified atom stereocenters. The van der Waals surface area contributed by atoms with E-state index in [1.807, 2.05) is 4.72 Å². The first-order valence-electron chi connectivity index (χ1n) is 3.94. The zero-order valence-electron chi connectivity index (χ0n) is 7.90. The van der Waals surface area contributed by atoms with Crippen molar-refractivity contribution in [1.29, 1.82) is 0 Å². The summed E-state index contributed by atoms with van der Waals surface area (Å²) < 4.78 is 26.1. The molecule has 2 N–H and O–H groups in total. The minimum atomic E-state index is -3.90. The van der Waals surface area contributed by atoms with E-state index in [0.29, 0.717) is 3.79 Å². The number of carboxylic acids is 1. The molecule has 0 saturated carbocycles. The molecule has 0 spiro atoms. The second-order valence-electron chi connectivity index (χ2n) is 2.87. The van der Waals surface area contributed by atoms with Gasteiger partial charge in [0.05, 0.1) is 3.79 Å². The SMILES string of the molecule is C[C@H](NS(=O)(=O)c1cc(Br)sc1Cl)C(=O)O. The van der Waals surface area contributed by atoms with Crippen molar-refractivity contribution in [2.24, 2.45) is 0 Å². The molecule has 0 amide bonds. The van der Waals surface area contributed by atoms with Crippen LogP contribution < -0.4 is 4.72 Å². The third-order valence-electron chi connectivity index (χ3n) is 1.62. The van der Waals surface area contributed by atoms with E-state index in [9.17, 15) is 13.2 Å². The fourth-order valence-electron chi connectivity index (χ4n) is 0.855. The second-order valence-corrected chi connectivity index (χ2v) is 7.59. The van der Waals surface area contributed by atoms with Gasteiger partial charge in [0.2, 0.25) is 10.0 Å². The Bertz CT molecular complexity index is 512. The number of halogens is 2. The molecule has 9 heteroatoms. The van der Waals surface area contributed by atoms with Gasteiger partial charge in [-0.25, -0.2) is 8.42 Å². The van der Waals surface area contributed by atoms with Gasteiger partial charge in [0.15, 0.2) is 0 Å². The molecule has 0 saturated heterocycles. The number of thiophene rings is 1. The van der Waals surface area contributed by atoms with Crippen LogP contribution >= 0.6 is 38.9 Å². The van der Waals surface area contributed by atoms with Gasteiger partial charge in [0.25, 0.3) is 0 Å². The summed E-state index contributed by atoms with van der Waals surface area (Å²) in [5.74, 6) is -1.26. The Balaban J connectivity index is 3.03. The highest BCUT2D eigenvalue weighted by Gasteiger charge is 2.25. The number of sulfonamides is 1. The maximum Gasteiger partial charge on any atom is 0.321 e. The van der Waals surface area contributed by atoms with E-state index in [4.69, 9.17) is 16.7 Å². The van der Waals surface area contributed by atoms with Crippen molar-refractivity contribution in [3.63, 3.8) is 0 Å². The van der Waals surface area contributed by atoms with Crippen LogP contribution in [0.1, 0.15) is 6.92 Å². The highest BCUT2D eigenvalue weighted by Crippen LogP contribution is 2.34. The van der Waals surface area contributed by atoms with Gasteiger partial charge in [0.1, 0.15) is 15.3 Å². The first-order valence-corrected chi connectivity index (χ1v) is 7.41. The normalized spacial score (nSPS) is 13.7. The van der Waals surface area contributed by atoms with Gasteiger partial charge in [-0.1, -0.05) is 11.6 Å². The average Bonchev–Trinajstić information content (AvgIpc) is 2.45. The van der Waals surface area contributed by atoms with Crippen molar-refractivity contribution in [2.75, 3.05) is 0 Å². The highest BCUT2D eigenvalue weighted by atomic mass is 79.9. The van der Waals surface area contributed by atoms with Crippen LogP contribution in [0.15, 0.2) is 14.7 Å². The molecule has 1 aromatic heterocycles. The van der Waals surface area contributed by atoms with E-state index in [1.165, 1.54) is 13.0 Å². The first-order chi connectivity index (χ1) is 7.24. The number of nitrogens with one attached hydrogen (secondary N) is 1. The van der Waals surface area contributed by atoms with Crippen LogP contribution in [-0.2, 0) is 14.8 Å². The summed E-state index contributed by atoms with van der Waals surface area (Å²) in [5.41, 5.74) is 0. The van der Waals surface area contributed by atoms with E-state index in [-0.39, 0.29) is 9.23 Å². The summed E-state index contributed by atoms with van der Waals surface area (Å²) in [7, 11) is -3.90. The Morgan fingerprint density at radius 2 is 2.25 bits per heavy atom. The number of aliphatic carboxylic acids is 1. The van der Waals surface area contributed by atoms with Gasteiger partial charge in [-0.05, 0) is 28.9 Å². The molecular weight excluding hydrogens is 342 g/mol. The van der Waals surface area contributed by atoms with Gasteiger partial charge in [-0.3, -0.25) is 4.79 Å². The maximum atomic E-state index is 11.7. The van der Waals surface area contributed by atoms with Gasteiger partial charge >= 0.3 is 5.97 Å². The molecule has 1 aromatic rings. The van der Waals surface area contributed by atoms with Crippen LogP contribution in [-0.4, -0.2) is 25.5 Å². The zero-order chi connectivity index (χ0) is 12.5. The third-order valence-corrected chi connectivity index (χ3v) is 5.28. The van der Waals surface area contributed by atoms with E-state index >= 15 is 0 Å². The van der Waals surface area contributed by atoms with Crippen molar-refractivity contribution in [3.05, 3.63) is 14.2 Å². The molecule has 1 heterocycles. The van der Waals surface area contributed by atoms with E-state index < -0.39 is 22.0 Å². The number of rotatable bonds is 4. The maximum absolute atomic E-state index is 11.7. The third kappa shape index (κ3) is 3.17. The fourth-order valence-corrected chi connectivity index (χ4v) is 4.82. The van der Waals surface area contributed by atoms with E-state index in [0.717, 1.165) is 11.3 Å². The highest BCUT2D eigenvalue weighted by molar-refractivity contribution is 9.11. The predicted molar refractivity (Wildman–Crippen MR) is 64.4 cm³/mol. The number of hydrogen-bond acceptors (Lipinski definition) is 4. The number of hydrogen-bond donors (Lipinski definition) is 2. The Morgan fingerprint density at radius 1 is 1.69 bits per heavy atom. The van der Waals surface area contributed by atoms with Gasteiger partial charge < -0.3 is 5.11 Å². The Kier molecular flexibility index (Phi) is 4.35. The van der Waals surface area contributed by atoms with E-state index in [1.54, 1.807) is 0 Å². The first kappa shape index (κ1) is 13.9. The van der Waals surface area contributed by atoms with E-state index in [2.05, 4.69) is 15.9 Å². The smallest absolute Gasteiger partial charge is 0.321 e. The van der Waals surface area contributed by atoms with Crippen LogP contribution in [0.3, 0.4) is 0 Å². The van der Waals surface area contributed by atoms with Crippen molar-refractivity contribution >= 4 is 54.9 Å². The predicted octanol–water partition coefficient (Wildman–Crippen LogP) is 1.92.